The summed E-state index contributed by atoms with van der Waals surface area (Å²) >= 11 is 0. The number of phenolic OH excluding ortho intramolecular Hbond substituents is 1. The molecule has 0 aliphatic heterocycles. The van der Waals surface area contributed by atoms with Crippen molar-refractivity contribution in [1.29, 1.82) is 0 Å². The second-order valence-electron chi connectivity index (χ2n) is 12.3. The van der Waals surface area contributed by atoms with Gasteiger partial charge in [0, 0.05) is 12.0 Å². The highest BCUT2D eigenvalue weighted by atomic mass is 16.3. The van der Waals surface area contributed by atoms with Crippen molar-refractivity contribution in [3.63, 3.8) is 0 Å². The zero-order chi connectivity index (χ0) is 26.8. The van der Waals surface area contributed by atoms with Crippen LogP contribution in [0.5, 0.6) is 5.75 Å². The number of hydrogen-bond acceptors (Lipinski definition) is 4. The van der Waals surface area contributed by atoms with Crippen LogP contribution in [0, 0.1) is 23.7 Å². The Morgan fingerprint density at radius 1 is 0.949 bits per heavy atom. The molecule has 2 aromatic carbocycles. The lowest BCUT2D eigenvalue weighted by atomic mass is 9.63. The highest BCUT2D eigenvalue weighted by Gasteiger charge is 2.36. The Labute approximate surface area is 232 Å². The molecule has 0 spiro atoms. The molecule has 2 N–H and O–H groups in total. The Balaban J connectivity index is 1.23. The molecule has 2 atom stereocenters. The number of amides is 1. The lowest BCUT2D eigenvalue weighted by molar-refractivity contribution is -0.116. The van der Waals surface area contributed by atoms with Gasteiger partial charge in [0.05, 0.1) is 17.1 Å². The van der Waals surface area contributed by atoms with Gasteiger partial charge in [0.25, 0.3) is 0 Å². The first-order chi connectivity index (χ1) is 19.0. The van der Waals surface area contributed by atoms with Gasteiger partial charge in [0.1, 0.15) is 5.75 Å². The third-order valence-corrected chi connectivity index (χ3v) is 9.38. The number of carbonyl (C=O) groups excluding carboxylic acids is 1. The number of nitrogens with zero attached hydrogens (tertiary/aromatic N) is 2. The van der Waals surface area contributed by atoms with Crippen LogP contribution in [0.1, 0.15) is 80.8 Å². The largest absolute Gasteiger partial charge is 0.508 e. The van der Waals surface area contributed by atoms with Gasteiger partial charge < -0.3 is 10.4 Å². The highest BCUT2D eigenvalue weighted by Crippen LogP contribution is 2.47. The summed E-state index contributed by atoms with van der Waals surface area (Å²) in [6.07, 6.45) is 12.6. The van der Waals surface area contributed by atoms with E-state index in [1.165, 1.54) is 44.1 Å². The summed E-state index contributed by atoms with van der Waals surface area (Å²) in [7, 11) is 0. The Morgan fingerprint density at radius 3 is 2.49 bits per heavy atom. The van der Waals surface area contributed by atoms with Crippen LogP contribution in [0.25, 0.3) is 11.3 Å². The molecule has 2 bridgehead atoms. The normalized spacial score (nSPS) is 23.5. The van der Waals surface area contributed by atoms with Crippen molar-refractivity contribution in [3.05, 3.63) is 71.0 Å². The molecular weight excluding hydrogens is 482 g/mol. The molecule has 1 heterocycles. The van der Waals surface area contributed by atoms with Gasteiger partial charge in [-0.2, -0.15) is 0 Å². The van der Waals surface area contributed by atoms with Gasteiger partial charge in [-0.05, 0) is 117 Å². The summed E-state index contributed by atoms with van der Waals surface area (Å²) in [5, 5.41) is 13.2. The first-order valence-corrected chi connectivity index (χ1v) is 15.1. The fourth-order valence-electron chi connectivity index (χ4n) is 7.60. The van der Waals surface area contributed by atoms with Crippen LogP contribution < -0.4 is 5.32 Å². The van der Waals surface area contributed by atoms with Crippen LogP contribution >= 0.6 is 0 Å². The molecule has 204 valence electrons. The number of carbonyl (C=O) groups is 1. The van der Waals surface area contributed by atoms with Crippen molar-refractivity contribution in [2.24, 2.45) is 23.7 Å². The summed E-state index contributed by atoms with van der Waals surface area (Å²) in [4.78, 5) is 23.3. The van der Waals surface area contributed by atoms with Gasteiger partial charge in [-0.3, -0.25) is 4.79 Å². The second kappa shape index (κ2) is 11.5. The van der Waals surface area contributed by atoms with Gasteiger partial charge in [-0.25, -0.2) is 9.97 Å². The second-order valence-corrected chi connectivity index (χ2v) is 12.3. The maximum absolute atomic E-state index is 13.1. The van der Waals surface area contributed by atoms with E-state index in [2.05, 4.69) is 24.4 Å². The number of aromatic hydroxyl groups is 1. The Morgan fingerprint density at radius 2 is 1.72 bits per heavy atom. The average molecular weight is 524 g/mol. The van der Waals surface area contributed by atoms with E-state index in [1.807, 2.05) is 30.3 Å². The van der Waals surface area contributed by atoms with Gasteiger partial charge in [-0.1, -0.05) is 43.7 Å². The zero-order valence-corrected chi connectivity index (χ0v) is 23.2. The van der Waals surface area contributed by atoms with Crippen LogP contribution in [-0.4, -0.2) is 21.0 Å². The van der Waals surface area contributed by atoms with E-state index in [0.29, 0.717) is 23.9 Å². The molecule has 2 fully saturated rings. The minimum Gasteiger partial charge on any atom is -0.508 e. The smallest absolute Gasteiger partial charge is 0.225 e. The third-order valence-electron chi connectivity index (χ3n) is 9.38. The molecule has 5 nitrogen and oxygen atoms in total. The summed E-state index contributed by atoms with van der Waals surface area (Å²) in [6, 6.07) is 15.9. The monoisotopic (exact) mass is 523 g/mol. The van der Waals surface area contributed by atoms with E-state index in [0.717, 1.165) is 78.1 Å². The quantitative estimate of drug-likeness (QED) is 0.325. The van der Waals surface area contributed by atoms with Gasteiger partial charge in [-0.15, -0.1) is 0 Å². The van der Waals surface area contributed by atoms with Crippen LogP contribution in [0.3, 0.4) is 0 Å². The van der Waals surface area contributed by atoms with Crippen molar-refractivity contribution >= 4 is 11.7 Å². The predicted octanol–water partition coefficient (Wildman–Crippen LogP) is 7.30. The molecule has 3 aliphatic rings. The van der Waals surface area contributed by atoms with E-state index in [4.69, 9.17) is 9.97 Å². The van der Waals surface area contributed by atoms with Gasteiger partial charge in [0.15, 0.2) is 5.82 Å². The van der Waals surface area contributed by atoms with Crippen molar-refractivity contribution in [2.75, 3.05) is 5.32 Å². The van der Waals surface area contributed by atoms with Crippen LogP contribution in [0.15, 0.2) is 48.5 Å². The highest BCUT2D eigenvalue weighted by molar-refractivity contribution is 5.90. The number of nitrogens with one attached hydrogen (secondary N) is 1. The summed E-state index contributed by atoms with van der Waals surface area (Å²) in [6.45, 7) is 2.35. The molecular formula is C34H41N3O2. The number of fused-ring (bicyclic) bond motifs is 5. The number of anilines is 1. The standard InChI is InChI=1S/C34H41N3O2/c1-2-22-15-24-17-25(16-22)19-26(18-24)20-31-34(37-32(39)10-6-9-23-7-4-3-5-8-23)36-30-14-11-27-21-28(38)12-13-29(27)33(30)35-31/h3-5,7-8,12-13,21-22,24-26,38H,2,6,9-11,14-20H2,1H3,(H,36,37,39). The van der Waals surface area contributed by atoms with E-state index in [1.54, 1.807) is 6.07 Å². The van der Waals surface area contributed by atoms with E-state index < -0.39 is 0 Å². The fraction of sp³-hybridized carbons (Fsp3) is 0.500. The van der Waals surface area contributed by atoms with Crippen molar-refractivity contribution in [3.8, 4) is 17.0 Å². The van der Waals surface area contributed by atoms with Crippen molar-refractivity contribution in [1.82, 2.24) is 9.97 Å². The lowest BCUT2D eigenvalue weighted by Crippen LogP contribution is -2.32. The molecule has 3 aromatic rings. The average Bonchev–Trinajstić information content (AvgIpc) is 2.93. The van der Waals surface area contributed by atoms with Crippen molar-refractivity contribution in [2.45, 2.75) is 84.0 Å². The topological polar surface area (TPSA) is 75.1 Å². The van der Waals surface area contributed by atoms with Crippen LogP contribution in [-0.2, 0) is 30.5 Å². The predicted molar refractivity (Wildman–Crippen MR) is 156 cm³/mol. The van der Waals surface area contributed by atoms with Gasteiger partial charge >= 0.3 is 0 Å². The number of rotatable bonds is 8. The van der Waals surface area contributed by atoms with Gasteiger partial charge in [0.2, 0.25) is 5.91 Å². The lowest BCUT2D eigenvalue weighted by Gasteiger charge is -2.42. The minimum absolute atomic E-state index is 0.0221. The number of aryl methyl sites for hydroxylation is 3. The Kier molecular flexibility index (Phi) is 7.67. The number of hydrogen-bond donors (Lipinski definition) is 2. The Hall–Kier alpha value is -3.21. The molecule has 2 saturated carbocycles. The maximum atomic E-state index is 13.1. The summed E-state index contributed by atoms with van der Waals surface area (Å²) < 4.78 is 0. The number of aromatic nitrogens is 2. The molecule has 1 amide bonds. The fourth-order valence-corrected chi connectivity index (χ4v) is 7.60. The first kappa shape index (κ1) is 26.0. The molecule has 39 heavy (non-hydrogen) atoms. The van der Waals surface area contributed by atoms with Crippen LogP contribution in [0.4, 0.5) is 5.82 Å². The minimum atomic E-state index is 0.0221. The summed E-state index contributed by atoms with van der Waals surface area (Å²) in [5.74, 6) is 4.14. The van der Waals surface area contributed by atoms with Crippen LogP contribution in [0.2, 0.25) is 0 Å². The Bertz CT molecular complexity index is 1310. The van der Waals surface area contributed by atoms with E-state index in [-0.39, 0.29) is 5.91 Å². The molecule has 1 aromatic heterocycles. The molecule has 0 saturated heterocycles. The number of phenols is 1. The third kappa shape index (κ3) is 6.03. The maximum Gasteiger partial charge on any atom is 0.225 e. The molecule has 2 unspecified atom stereocenters. The number of benzene rings is 2. The molecule has 6 rings (SSSR count). The summed E-state index contributed by atoms with van der Waals surface area (Å²) in [5.41, 5.74) is 6.26. The first-order valence-electron chi connectivity index (χ1n) is 15.1. The van der Waals surface area contributed by atoms with E-state index in [9.17, 15) is 9.90 Å². The molecule has 0 radical (unpaired) electrons. The SMILES string of the molecule is CCC1CC2CC(Cc3nc4c(nc3NC(=O)CCCc3ccccc3)CCc3cc(O)ccc3-4)CC(C1)C2. The molecule has 3 aliphatic carbocycles. The van der Waals surface area contributed by atoms with E-state index >= 15 is 0 Å². The zero-order valence-electron chi connectivity index (χ0n) is 23.2. The van der Waals surface area contributed by atoms with Crippen molar-refractivity contribution < 1.29 is 9.90 Å². The molecule has 5 heteroatoms.